The van der Waals surface area contributed by atoms with E-state index in [1.807, 2.05) is 41.3 Å². The Morgan fingerprint density at radius 1 is 1.08 bits per heavy atom. The van der Waals surface area contributed by atoms with Gasteiger partial charge in [-0.05, 0) is 42.9 Å². The van der Waals surface area contributed by atoms with E-state index in [1.54, 1.807) is 0 Å². The quantitative estimate of drug-likeness (QED) is 0.729. The summed E-state index contributed by atoms with van der Waals surface area (Å²) in [4.78, 5) is 17.9. The molecule has 0 spiro atoms. The number of amides is 1. The lowest BCUT2D eigenvalue weighted by molar-refractivity contribution is 0.0682. The Morgan fingerprint density at radius 3 is 2.77 bits per heavy atom. The lowest BCUT2D eigenvalue weighted by atomic mass is 9.96. The zero-order valence-electron chi connectivity index (χ0n) is 14.9. The van der Waals surface area contributed by atoms with Crippen LogP contribution >= 0.6 is 0 Å². The van der Waals surface area contributed by atoms with Gasteiger partial charge in [-0.1, -0.05) is 48.5 Å². The van der Waals surface area contributed by atoms with E-state index in [-0.39, 0.29) is 12.1 Å². The molecule has 1 aliphatic rings. The van der Waals surface area contributed by atoms with Crippen molar-refractivity contribution in [2.24, 2.45) is 0 Å². The zero-order chi connectivity index (χ0) is 17.8. The lowest BCUT2D eigenvalue weighted by Gasteiger charge is -2.35. The van der Waals surface area contributed by atoms with E-state index < -0.39 is 0 Å². The smallest absolute Gasteiger partial charge is 0.410 e. The SMILES string of the molecule is O=C(OCc1ccccc1)N1CCCCC1Cc1c[nH]c2ccccc12. The number of H-pyrrole nitrogens is 1. The van der Waals surface area contributed by atoms with Crippen LogP contribution in [0.2, 0.25) is 0 Å². The third kappa shape index (κ3) is 3.59. The number of nitrogens with one attached hydrogen (secondary N) is 1. The molecular weight excluding hydrogens is 324 g/mol. The summed E-state index contributed by atoms with van der Waals surface area (Å²) in [5, 5.41) is 1.25. The molecule has 3 aromatic rings. The molecule has 4 rings (SSSR count). The fourth-order valence-electron chi connectivity index (χ4n) is 3.81. The van der Waals surface area contributed by atoms with Crippen LogP contribution in [0.1, 0.15) is 30.4 Å². The Balaban J connectivity index is 1.45. The minimum absolute atomic E-state index is 0.196. The molecule has 4 nitrogen and oxygen atoms in total. The highest BCUT2D eigenvalue weighted by atomic mass is 16.6. The first kappa shape index (κ1) is 16.7. The van der Waals surface area contributed by atoms with Crippen LogP contribution < -0.4 is 0 Å². The Bertz CT molecular complexity index is 872. The molecule has 2 aromatic carbocycles. The Kier molecular flexibility index (Phi) is 4.91. The van der Waals surface area contributed by atoms with Crippen molar-refractivity contribution in [2.45, 2.75) is 38.3 Å². The highest BCUT2D eigenvalue weighted by Gasteiger charge is 2.28. The van der Waals surface area contributed by atoms with Gasteiger partial charge in [0.2, 0.25) is 0 Å². The lowest BCUT2D eigenvalue weighted by Crippen LogP contribution is -2.45. The van der Waals surface area contributed by atoms with Gasteiger partial charge in [0, 0.05) is 29.7 Å². The summed E-state index contributed by atoms with van der Waals surface area (Å²) in [5.41, 5.74) is 3.44. The number of hydrogen-bond acceptors (Lipinski definition) is 2. The highest BCUT2D eigenvalue weighted by Crippen LogP contribution is 2.25. The number of fused-ring (bicyclic) bond motifs is 1. The number of ether oxygens (including phenoxy) is 1. The second kappa shape index (κ2) is 7.65. The third-order valence-corrected chi connectivity index (χ3v) is 5.20. The monoisotopic (exact) mass is 348 g/mol. The molecular formula is C22H24N2O2. The second-order valence-electron chi connectivity index (χ2n) is 6.95. The maximum Gasteiger partial charge on any atom is 0.410 e. The van der Waals surface area contributed by atoms with E-state index in [0.717, 1.165) is 43.3 Å². The molecule has 2 heterocycles. The largest absolute Gasteiger partial charge is 0.445 e. The van der Waals surface area contributed by atoms with Crippen LogP contribution in [0.4, 0.5) is 4.79 Å². The molecule has 134 valence electrons. The number of piperidine rings is 1. The number of carbonyl (C=O) groups excluding carboxylic acids is 1. The molecule has 0 aliphatic carbocycles. The van der Waals surface area contributed by atoms with Crippen LogP contribution in [0.5, 0.6) is 0 Å². The molecule has 0 bridgehead atoms. The van der Waals surface area contributed by atoms with Crippen molar-refractivity contribution in [1.29, 1.82) is 0 Å². The minimum atomic E-state index is -0.196. The van der Waals surface area contributed by atoms with E-state index in [2.05, 4.69) is 29.4 Å². The molecule has 1 aliphatic heterocycles. The molecule has 1 unspecified atom stereocenters. The van der Waals surface area contributed by atoms with Crippen molar-refractivity contribution in [1.82, 2.24) is 9.88 Å². The Morgan fingerprint density at radius 2 is 1.88 bits per heavy atom. The van der Waals surface area contributed by atoms with Crippen LogP contribution in [0.25, 0.3) is 10.9 Å². The average molecular weight is 348 g/mol. The van der Waals surface area contributed by atoms with E-state index >= 15 is 0 Å². The Hall–Kier alpha value is -2.75. The van der Waals surface area contributed by atoms with Gasteiger partial charge in [-0.2, -0.15) is 0 Å². The molecule has 1 aromatic heterocycles. The molecule has 1 N–H and O–H groups in total. The van der Waals surface area contributed by atoms with E-state index in [4.69, 9.17) is 4.74 Å². The summed E-state index contributed by atoms with van der Waals surface area (Å²) in [5.74, 6) is 0. The van der Waals surface area contributed by atoms with Gasteiger partial charge in [0.25, 0.3) is 0 Å². The highest BCUT2D eigenvalue weighted by molar-refractivity contribution is 5.83. The van der Waals surface area contributed by atoms with Gasteiger partial charge >= 0.3 is 6.09 Å². The van der Waals surface area contributed by atoms with E-state index in [9.17, 15) is 4.79 Å². The number of aromatic amines is 1. The summed E-state index contributed by atoms with van der Waals surface area (Å²) in [6.07, 6.45) is 5.98. The molecule has 0 saturated carbocycles. The number of nitrogens with zero attached hydrogens (tertiary/aromatic N) is 1. The van der Waals surface area contributed by atoms with Crippen LogP contribution in [0.15, 0.2) is 60.8 Å². The Labute approximate surface area is 153 Å². The van der Waals surface area contributed by atoms with Gasteiger partial charge in [0.05, 0.1) is 0 Å². The topological polar surface area (TPSA) is 45.3 Å². The van der Waals surface area contributed by atoms with Crippen LogP contribution in [-0.2, 0) is 17.8 Å². The normalized spacial score (nSPS) is 17.4. The summed E-state index contributed by atoms with van der Waals surface area (Å²) < 4.78 is 5.58. The van der Waals surface area contributed by atoms with Crippen LogP contribution in [0.3, 0.4) is 0 Å². The number of likely N-dealkylation sites (tertiary alicyclic amines) is 1. The van der Waals surface area contributed by atoms with Gasteiger partial charge in [0.1, 0.15) is 6.61 Å². The van der Waals surface area contributed by atoms with Crippen molar-refractivity contribution in [3.05, 3.63) is 71.9 Å². The van der Waals surface area contributed by atoms with Crippen molar-refractivity contribution in [3.8, 4) is 0 Å². The van der Waals surface area contributed by atoms with Crippen molar-refractivity contribution in [3.63, 3.8) is 0 Å². The number of aromatic nitrogens is 1. The predicted molar refractivity (Wildman–Crippen MR) is 103 cm³/mol. The maximum absolute atomic E-state index is 12.7. The van der Waals surface area contributed by atoms with E-state index in [0.29, 0.717) is 6.61 Å². The average Bonchev–Trinajstić information content (AvgIpc) is 3.10. The summed E-state index contributed by atoms with van der Waals surface area (Å²) >= 11 is 0. The van der Waals surface area contributed by atoms with Crippen molar-refractivity contribution >= 4 is 17.0 Å². The molecule has 1 amide bonds. The number of hydrogen-bond donors (Lipinski definition) is 1. The molecule has 0 radical (unpaired) electrons. The number of para-hydroxylation sites is 1. The number of rotatable bonds is 4. The van der Waals surface area contributed by atoms with Gasteiger partial charge < -0.3 is 14.6 Å². The standard InChI is InChI=1S/C22H24N2O2/c25-22(26-16-17-8-2-1-3-9-17)24-13-7-6-10-19(24)14-18-15-23-21-12-5-4-11-20(18)21/h1-5,8-9,11-12,15,19,23H,6-7,10,13-14,16H2. The minimum Gasteiger partial charge on any atom is -0.445 e. The summed E-state index contributed by atoms with van der Waals surface area (Å²) in [6, 6.07) is 18.4. The molecule has 26 heavy (non-hydrogen) atoms. The first-order valence-corrected chi connectivity index (χ1v) is 9.33. The van der Waals surface area contributed by atoms with E-state index in [1.165, 1.54) is 10.9 Å². The predicted octanol–water partition coefficient (Wildman–Crippen LogP) is 4.90. The molecule has 1 fully saturated rings. The van der Waals surface area contributed by atoms with Gasteiger partial charge in [-0.15, -0.1) is 0 Å². The van der Waals surface area contributed by atoms with Gasteiger partial charge in [-0.3, -0.25) is 0 Å². The second-order valence-corrected chi connectivity index (χ2v) is 6.95. The van der Waals surface area contributed by atoms with Crippen LogP contribution in [-0.4, -0.2) is 28.6 Å². The fourth-order valence-corrected chi connectivity index (χ4v) is 3.81. The fraction of sp³-hybridized carbons (Fsp3) is 0.318. The zero-order valence-corrected chi connectivity index (χ0v) is 14.9. The number of benzene rings is 2. The molecule has 4 heteroatoms. The number of carbonyl (C=O) groups is 1. The molecule has 1 atom stereocenters. The first-order chi connectivity index (χ1) is 12.8. The van der Waals surface area contributed by atoms with Crippen molar-refractivity contribution in [2.75, 3.05) is 6.54 Å². The van der Waals surface area contributed by atoms with Gasteiger partial charge in [-0.25, -0.2) is 4.79 Å². The molecule has 1 saturated heterocycles. The maximum atomic E-state index is 12.7. The third-order valence-electron chi connectivity index (χ3n) is 5.20. The summed E-state index contributed by atoms with van der Waals surface area (Å²) in [6.45, 7) is 1.11. The van der Waals surface area contributed by atoms with Crippen molar-refractivity contribution < 1.29 is 9.53 Å². The van der Waals surface area contributed by atoms with Gasteiger partial charge in [0.15, 0.2) is 0 Å². The summed E-state index contributed by atoms with van der Waals surface area (Å²) in [7, 11) is 0. The van der Waals surface area contributed by atoms with Crippen LogP contribution in [0, 0.1) is 0 Å². The first-order valence-electron chi connectivity index (χ1n) is 9.33.